The maximum absolute atomic E-state index is 11.4. The minimum Gasteiger partial charge on any atom is -0.224 e. The Hall–Kier alpha value is -0.880. The fraction of sp³-hybridized carbons (Fsp3) is 0.222. The van der Waals surface area contributed by atoms with E-state index in [0.717, 1.165) is 12.5 Å². The van der Waals surface area contributed by atoms with Gasteiger partial charge in [0.05, 0.1) is 9.79 Å². The molecule has 83 valence electrons. The number of rotatable bonds is 2. The number of benzene rings is 1. The molecule has 0 aliphatic heterocycles. The van der Waals surface area contributed by atoms with Crippen molar-refractivity contribution in [1.29, 1.82) is 0 Å². The fourth-order valence-corrected chi connectivity index (χ4v) is 3.60. The molecule has 1 radical (unpaired) electrons. The van der Waals surface area contributed by atoms with Gasteiger partial charge in [-0.1, -0.05) is 6.07 Å². The average Bonchev–Trinajstić information content (AvgIpc) is 2.00. The monoisotopic (exact) mass is 247 g/mol. The van der Waals surface area contributed by atoms with Crippen molar-refractivity contribution in [3.63, 3.8) is 0 Å². The number of hydrogen-bond donors (Lipinski definition) is 0. The molecule has 0 amide bonds. The largest absolute Gasteiger partial charge is 0.224 e. The lowest BCUT2D eigenvalue weighted by molar-refractivity contribution is 0.588. The lowest BCUT2D eigenvalue weighted by Gasteiger charge is -2.06. The lowest BCUT2D eigenvalue weighted by atomic mass is 10.2. The van der Waals surface area contributed by atoms with E-state index in [9.17, 15) is 16.8 Å². The molecule has 1 rings (SSSR count). The van der Waals surface area contributed by atoms with Crippen molar-refractivity contribution in [2.75, 3.05) is 12.5 Å². The summed E-state index contributed by atoms with van der Waals surface area (Å²) >= 11 is 0. The number of hydrogen-bond acceptors (Lipinski definition) is 4. The van der Waals surface area contributed by atoms with E-state index in [-0.39, 0.29) is 9.79 Å². The Balaban J connectivity index is 3.71. The Morgan fingerprint density at radius 3 is 1.80 bits per heavy atom. The topological polar surface area (TPSA) is 68.3 Å². The Bertz CT molecular complexity index is 583. The van der Waals surface area contributed by atoms with Crippen molar-refractivity contribution in [3.05, 3.63) is 30.7 Å². The van der Waals surface area contributed by atoms with Gasteiger partial charge in [0.15, 0.2) is 19.7 Å². The molecule has 0 aromatic heterocycles. The van der Waals surface area contributed by atoms with Crippen LogP contribution >= 0.6 is 0 Å². The average molecular weight is 247 g/mol. The molecule has 6 heteroatoms. The standard InChI is InChI=1S/C9H11O4S2/c1-7-4-5-8(14(2,10)11)9(6-7)15(3,12)13/h4-6H,1H2,2-3H3. The van der Waals surface area contributed by atoms with Gasteiger partial charge in [0.2, 0.25) is 0 Å². The molecular formula is C9H11O4S2. The van der Waals surface area contributed by atoms with E-state index < -0.39 is 19.7 Å². The van der Waals surface area contributed by atoms with Crippen LogP contribution in [0.1, 0.15) is 5.56 Å². The normalized spacial score (nSPS) is 12.7. The van der Waals surface area contributed by atoms with Gasteiger partial charge in [-0.3, -0.25) is 0 Å². The zero-order valence-corrected chi connectivity index (χ0v) is 10.0. The Labute approximate surface area is 89.8 Å². The molecule has 1 aromatic rings. The molecule has 0 fully saturated rings. The first-order valence-electron chi connectivity index (χ1n) is 3.98. The third-order valence-corrected chi connectivity index (χ3v) is 4.23. The zero-order valence-electron chi connectivity index (χ0n) is 8.39. The summed E-state index contributed by atoms with van der Waals surface area (Å²) in [7, 11) is -7.10. The first-order valence-corrected chi connectivity index (χ1v) is 7.77. The maximum atomic E-state index is 11.4. The first-order chi connectivity index (χ1) is 6.62. The molecule has 15 heavy (non-hydrogen) atoms. The van der Waals surface area contributed by atoms with E-state index in [1.807, 2.05) is 0 Å². The highest BCUT2D eigenvalue weighted by atomic mass is 32.2. The molecule has 0 atom stereocenters. The van der Waals surface area contributed by atoms with Gasteiger partial charge < -0.3 is 0 Å². The summed E-state index contributed by atoms with van der Waals surface area (Å²) < 4.78 is 45.4. The van der Waals surface area contributed by atoms with Gasteiger partial charge in [0.1, 0.15) is 0 Å². The lowest BCUT2D eigenvalue weighted by Crippen LogP contribution is -2.07. The van der Waals surface area contributed by atoms with E-state index >= 15 is 0 Å². The van der Waals surface area contributed by atoms with E-state index in [2.05, 4.69) is 6.92 Å². The Morgan fingerprint density at radius 1 is 0.933 bits per heavy atom. The molecule has 0 aliphatic carbocycles. The molecule has 0 unspecified atom stereocenters. The van der Waals surface area contributed by atoms with Gasteiger partial charge in [-0.2, -0.15) is 0 Å². The summed E-state index contributed by atoms with van der Waals surface area (Å²) in [6.45, 7) is 3.56. The van der Waals surface area contributed by atoms with E-state index in [1.54, 1.807) is 0 Å². The van der Waals surface area contributed by atoms with Gasteiger partial charge >= 0.3 is 0 Å². The summed E-state index contributed by atoms with van der Waals surface area (Å²) in [5, 5.41) is 0. The molecular weight excluding hydrogens is 236 g/mol. The van der Waals surface area contributed by atoms with Crippen LogP contribution in [0.15, 0.2) is 28.0 Å². The summed E-state index contributed by atoms with van der Waals surface area (Å²) in [4.78, 5) is -0.380. The molecule has 0 spiro atoms. The van der Waals surface area contributed by atoms with E-state index in [0.29, 0.717) is 5.56 Å². The van der Waals surface area contributed by atoms with Crippen LogP contribution in [-0.4, -0.2) is 29.3 Å². The Morgan fingerprint density at radius 2 is 1.40 bits per heavy atom. The first kappa shape index (κ1) is 12.2. The SMILES string of the molecule is [CH2]c1ccc(S(C)(=O)=O)c(S(C)(=O)=O)c1. The van der Waals surface area contributed by atoms with Crippen molar-refractivity contribution in [1.82, 2.24) is 0 Å². The van der Waals surface area contributed by atoms with Gasteiger partial charge in [-0.15, -0.1) is 0 Å². The summed E-state index contributed by atoms with van der Waals surface area (Å²) in [5.74, 6) is 0. The second kappa shape index (κ2) is 3.61. The highest BCUT2D eigenvalue weighted by molar-refractivity contribution is 7.93. The van der Waals surface area contributed by atoms with E-state index in [1.165, 1.54) is 18.2 Å². The van der Waals surface area contributed by atoms with Gasteiger partial charge in [-0.25, -0.2) is 16.8 Å². The quantitative estimate of drug-likeness (QED) is 0.770. The maximum Gasteiger partial charge on any atom is 0.176 e. The third-order valence-electron chi connectivity index (χ3n) is 1.81. The number of sulfone groups is 2. The van der Waals surface area contributed by atoms with Crippen LogP contribution in [0.4, 0.5) is 0 Å². The van der Waals surface area contributed by atoms with E-state index in [4.69, 9.17) is 0 Å². The van der Waals surface area contributed by atoms with Crippen LogP contribution in [0.25, 0.3) is 0 Å². The molecule has 0 saturated carbocycles. The van der Waals surface area contributed by atoms with Crippen molar-refractivity contribution in [3.8, 4) is 0 Å². The zero-order chi connectivity index (χ0) is 11.9. The van der Waals surface area contributed by atoms with Gasteiger partial charge in [0, 0.05) is 12.5 Å². The minimum absolute atomic E-state index is 0.183. The summed E-state index contributed by atoms with van der Waals surface area (Å²) in [6.07, 6.45) is 1.94. The highest BCUT2D eigenvalue weighted by Gasteiger charge is 2.20. The second-order valence-electron chi connectivity index (χ2n) is 3.33. The summed E-state index contributed by atoms with van der Waals surface area (Å²) in [5.41, 5.74) is 0.461. The Kier molecular flexibility index (Phi) is 2.93. The molecule has 0 bridgehead atoms. The molecule has 0 heterocycles. The summed E-state index contributed by atoms with van der Waals surface area (Å²) in [6, 6.07) is 3.98. The van der Waals surface area contributed by atoms with Crippen molar-refractivity contribution in [2.24, 2.45) is 0 Å². The van der Waals surface area contributed by atoms with Crippen LogP contribution in [0.2, 0.25) is 0 Å². The molecule has 0 saturated heterocycles. The minimum atomic E-state index is -3.56. The van der Waals surface area contributed by atoms with Crippen molar-refractivity contribution >= 4 is 19.7 Å². The van der Waals surface area contributed by atoms with Crippen LogP contribution in [0.3, 0.4) is 0 Å². The predicted molar refractivity (Wildman–Crippen MR) is 57.1 cm³/mol. The molecule has 0 N–H and O–H groups in total. The molecule has 0 aliphatic rings. The van der Waals surface area contributed by atoms with Gasteiger partial charge in [0.25, 0.3) is 0 Å². The second-order valence-corrected chi connectivity index (χ2v) is 7.29. The van der Waals surface area contributed by atoms with Crippen LogP contribution in [0, 0.1) is 6.92 Å². The van der Waals surface area contributed by atoms with Crippen LogP contribution in [0.5, 0.6) is 0 Å². The highest BCUT2D eigenvalue weighted by Crippen LogP contribution is 2.21. The van der Waals surface area contributed by atoms with Crippen LogP contribution < -0.4 is 0 Å². The molecule has 1 aromatic carbocycles. The van der Waals surface area contributed by atoms with Crippen molar-refractivity contribution < 1.29 is 16.8 Å². The van der Waals surface area contributed by atoms with Crippen LogP contribution in [-0.2, 0) is 19.7 Å². The molecule has 4 nitrogen and oxygen atoms in total. The van der Waals surface area contributed by atoms with Crippen molar-refractivity contribution in [2.45, 2.75) is 9.79 Å². The van der Waals surface area contributed by atoms with Gasteiger partial charge in [-0.05, 0) is 24.6 Å². The smallest absolute Gasteiger partial charge is 0.176 e. The predicted octanol–water partition coefficient (Wildman–Crippen LogP) is 0.676. The third kappa shape index (κ3) is 2.79. The fourth-order valence-electron chi connectivity index (χ4n) is 1.15.